The summed E-state index contributed by atoms with van der Waals surface area (Å²) in [4.78, 5) is 7.69. The number of hydrogen-bond acceptors (Lipinski definition) is 5. The third kappa shape index (κ3) is 5.38. The monoisotopic (exact) mass is 418 g/mol. The van der Waals surface area contributed by atoms with Crippen LogP contribution in [-0.4, -0.2) is 70.0 Å². The van der Waals surface area contributed by atoms with Crippen molar-refractivity contribution in [1.82, 2.24) is 15.5 Å². The van der Waals surface area contributed by atoms with Gasteiger partial charge in [0, 0.05) is 30.9 Å². The second-order valence-corrected chi connectivity index (χ2v) is 8.20. The SMILES string of the molecule is CCNC(=NCC1(N2CCCC2)CCOCC1)NC(C)c1cc(OC)ccc1OC. The van der Waals surface area contributed by atoms with E-state index >= 15 is 0 Å². The molecule has 1 aromatic carbocycles. The lowest BCUT2D eigenvalue weighted by Crippen LogP contribution is -2.54. The molecule has 2 heterocycles. The number of aliphatic imine (C=N–C) groups is 1. The molecule has 2 aliphatic heterocycles. The van der Waals surface area contributed by atoms with Crippen molar-refractivity contribution in [1.29, 1.82) is 0 Å². The third-order valence-corrected chi connectivity index (χ3v) is 6.33. The van der Waals surface area contributed by atoms with Crippen LogP contribution in [0.25, 0.3) is 0 Å². The summed E-state index contributed by atoms with van der Waals surface area (Å²) in [6, 6.07) is 5.90. The van der Waals surface area contributed by atoms with Crippen LogP contribution in [0.1, 0.15) is 51.1 Å². The Morgan fingerprint density at radius 1 is 1.20 bits per heavy atom. The van der Waals surface area contributed by atoms with Gasteiger partial charge in [0.2, 0.25) is 0 Å². The van der Waals surface area contributed by atoms with E-state index in [4.69, 9.17) is 19.2 Å². The van der Waals surface area contributed by atoms with Gasteiger partial charge in [0.05, 0.1) is 26.8 Å². The first-order valence-electron chi connectivity index (χ1n) is 11.2. The highest BCUT2D eigenvalue weighted by Gasteiger charge is 2.39. The summed E-state index contributed by atoms with van der Waals surface area (Å²) >= 11 is 0. The Labute approximate surface area is 181 Å². The first kappa shape index (κ1) is 22.7. The van der Waals surface area contributed by atoms with E-state index in [1.54, 1.807) is 14.2 Å². The molecule has 2 aliphatic rings. The van der Waals surface area contributed by atoms with Gasteiger partial charge in [-0.15, -0.1) is 0 Å². The zero-order valence-electron chi connectivity index (χ0n) is 19.0. The zero-order chi connectivity index (χ0) is 21.4. The summed E-state index contributed by atoms with van der Waals surface area (Å²) in [6.45, 7) is 9.82. The molecule has 30 heavy (non-hydrogen) atoms. The van der Waals surface area contributed by atoms with Crippen molar-refractivity contribution in [3.8, 4) is 11.5 Å². The first-order chi connectivity index (χ1) is 14.6. The van der Waals surface area contributed by atoms with Crippen LogP contribution in [0.5, 0.6) is 11.5 Å². The van der Waals surface area contributed by atoms with E-state index in [1.165, 1.54) is 25.9 Å². The Kier molecular flexibility index (Phi) is 8.22. The number of methoxy groups -OCH3 is 2. The van der Waals surface area contributed by atoms with Crippen molar-refractivity contribution >= 4 is 5.96 Å². The molecule has 2 saturated heterocycles. The lowest BCUT2D eigenvalue weighted by molar-refractivity contribution is -0.0139. The Bertz CT molecular complexity index is 698. The van der Waals surface area contributed by atoms with Crippen molar-refractivity contribution < 1.29 is 14.2 Å². The predicted molar refractivity (Wildman–Crippen MR) is 121 cm³/mol. The van der Waals surface area contributed by atoms with Crippen LogP contribution in [0.4, 0.5) is 0 Å². The van der Waals surface area contributed by atoms with E-state index in [0.717, 1.165) is 62.2 Å². The largest absolute Gasteiger partial charge is 0.497 e. The van der Waals surface area contributed by atoms with E-state index < -0.39 is 0 Å². The molecule has 3 rings (SSSR count). The third-order valence-electron chi connectivity index (χ3n) is 6.33. The van der Waals surface area contributed by atoms with Crippen LogP contribution in [0, 0.1) is 0 Å². The van der Waals surface area contributed by atoms with Crippen LogP contribution < -0.4 is 20.1 Å². The fourth-order valence-electron chi connectivity index (χ4n) is 4.52. The van der Waals surface area contributed by atoms with Gasteiger partial charge < -0.3 is 24.8 Å². The minimum Gasteiger partial charge on any atom is -0.497 e. The average Bonchev–Trinajstić information content (AvgIpc) is 3.33. The Morgan fingerprint density at radius 2 is 1.93 bits per heavy atom. The molecule has 0 saturated carbocycles. The molecule has 0 aliphatic carbocycles. The van der Waals surface area contributed by atoms with Gasteiger partial charge in [-0.05, 0) is 70.8 Å². The second-order valence-electron chi connectivity index (χ2n) is 8.20. The molecule has 0 radical (unpaired) electrons. The van der Waals surface area contributed by atoms with Gasteiger partial charge in [0.15, 0.2) is 5.96 Å². The van der Waals surface area contributed by atoms with Crippen molar-refractivity contribution in [2.75, 3.05) is 53.6 Å². The van der Waals surface area contributed by atoms with E-state index in [-0.39, 0.29) is 11.6 Å². The summed E-state index contributed by atoms with van der Waals surface area (Å²) < 4.78 is 16.7. The number of benzene rings is 1. The van der Waals surface area contributed by atoms with Crippen LogP contribution in [-0.2, 0) is 4.74 Å². The summed E-state index contributed by atoms with van der Waals surface area (Å²) in [5, 5.41) is 6.97. The highest BCUT2D eigenvalue weighted by molar-refractivity contribution is 5.80. The highest BCUT2D eigenvalue weighted by atomic mass is 16.5. The fraction of sp³-hybridized carbons (Fsp3) is 0.696. The molecule has 7 heteroatoms. The molecule has 2 fully saturated rings. The molecule has 1 aromatic rings. The molecule has 2 N–H and O–H groups in total. The maximum atomic E-state index is 5.68. The highest BCUT2D eigenvalue weighted by Crippen LogP contribution is 2.32. The second kappa shape index (κ2) is 10.9. The van der Waals surface area contributed by atoms with Gasteiger partial charge >= 0.3 is 0 Å². The fourth-order valence-corrected chi connectivity index (χ4v) is 4.52. The van der Waals surface area contributed by atoms with Gasteiger partial charge in [-0.25, -0.2) is 0 Å². The molecular formula is C23H38N4O3. The molecule has 1 atom stereocenters. The number of guanidine groups is 1. The minimum atomic E-state index is 0.0188. The molecular weight excluding hydrogens is 380 g/mol. The van der Waals surface area contributed by atoms with E-state index in [9.17, 15) is 0 Å². The van der Waals surface area contributed by atoms with Crippen LogP contribution >= 0.6 is 0 Å². The molecule has 168 valence electrons. The van der Waals surface area contributed by atoms with Gasteiger partial charge in [0.25, 0.3) is 0 Å². The maximum Gasteiger partial charge on any atom is 0.191 e. The first-order valence-corrected chi connectivity index (χ1v) is 11.2. The number of ether oxygens (including phenoxy) is 3. The Morgan fingerprint density at radius 3 is 2.57 bits per heavy atom. The molecule has 1 unspecified atom stereocenters. The standard InChI is InChI=1S/C23H38N4O3/c1-5-24-22(26-18(2)20-16-19(28-3)8-9-21(20)29-4)25-17-23(10-14-30-15-11-23)27-12-6-7-13-27/h8-9,16,18H,5-7,10-15,17H2,1-4H3,(H2,24,25,26). The van der Waals surface area contributed by atoms with Crippen molar-refractivity contribution in [3.63, 3.8) is 0 Å². The predicted octanol–water partition coefficient (Wildman–Crippen LogP) is 2.96. The zero-order valence-corrected chi connectivity index (χ0v) is 19.0. The molecule has 0 amide bonds. The van der Waals surface area contributed by atoms with E-state index in [2.05, 4.69) is 29.4 Å². The Hall–Kier alpha value is -1.99. The van der Waals surface area contributed by atoms with Crippen molar-refractivity contribution in [2.45, 2.75) is 51.1 Å². The van der Waals surface area contributed by atoms with Crippen LogP contribution in [0.3, 0.4) is 0 Å². The normalized spacial score (nSPS) is 20.6. The average molecular weight is 419 g/mol. The quantitative estimate of drug-likeness (QED) is 0.500. The lowest BCUT2D eigenvalue weighted by Gasteiger charge is -2.43. The van der Waals surface area contributed by atoms with Gasteiger partial charge in [-0.2, -0.15) is 0 Å². The van der Waals surface area contributed by atoms with Gasteiger partial charge in [-0.3, -0.25) is 9.89 Å². The molecule has 7 nitrogen and oxygen atoms in total. The maximum absolute atomic E-state index is 5.68. The minimum absolute atomic E-state index is 0.0188. The number of nitrogens with one attached hydrogen (secondary N) is 2. The number of nitrogens with zero attached hydrogens (tertiary/aromatic N) is 2. The van der Waals surface area contributed by atoms with Crippen molar-refractivity contribution in [2.24, 2.45) is 4.99 Å². The van der Waals surface area contributed by atoms with Gasteiger partial charge in [-0.1, -0.05) is 0 Å². The molecule has 0 spiro atoms. The Balaban J connectivity index is 1.76. The topological polar surface area (TPSA) is 67.4 Å². The summed E-state index contributed by atoms with van der Waals surface area (Å²) in [7, 11) is 3.38. The van der Waals surface area contributed by atoms with Crippen LogP contribution in [0.15, 0.2) is 23.2 Å². The summed E-state index contributed by atoms with van der Waals surface area (Å²) in [5.74, 6) is 2.49. The smallest absolute Gasteiger partial charge is 0.191 e. The van der Waals surface area contributed by atoms with E-state index in [0.29, 0.717) is 0 Å². The molecule has 0 bridgehead atoms. The summed E-state index contributed by atoms with van der Waals surface area (Å²) in [5.41, 5.74) is 1.16. The molecule has 0 aromatic heterocycles. The number of rotatable bonds is 8. The van der Waals surface area contributed by atoms with E-state index in [1.807, 2.05) is 18.2 Å². The van der Waals surface area contributed by atoms with Crippen LogP contribution in [0.2, 0.25) is 0 Å². The number of likely N-dealkylation sites (tertiary alicyclic amines) is 1. The van der Waals surface area contributed by atoms with Crippen molar-refractivity contribution in [3.05, 3.63) is 23.8 Å². The summed E-state index contributed by atoms with van der Waals surface area (Å²) in [6.07, 6.45) is 4.68. The number of hydrogen-bond donors (Lipinski definition) is 2. The lowest BCUT2D eigenvalue weighted by atomic mass is 9.88. The van der Waals surface area contributed by atoms with Gasteiger partial charge in [0.1, 0.15) is 11.5 Å².